The molecule has 2 rings (SSSR count). The zero-order valence-electron chi connectivity index (χ0n) is 13.9. The molecular weight excluding hydrogens is 320 g/mol. The van der Waals surface area contributed by atoms with Crippen molar-refractivity contribution < 1.29 is 18.0 Å². The smallest absolute Gasteiger partial charge is 0.234 e. The average Bonchev–Trinajstić information content (AvgIpc) is 2.82. The first-order chi connectivity index (χ1) is 10.7. The first-order valence-corrected chi connectivity index (χ1v) is 9.75. The summed E-state index contributed by atoms with van der Waals surface area (Å²) in [7, 11) is -3.25. The van der Waals surface area contributed by atoms with Gasteiger partial charge in [-0.25, -0.2) is 8.42 Å². The van der Waals surface area contributed by atoms with E-state index in [0.717, 1.165) is 0 Å². The van der Waals surface area contributed by atoms with Crippen LogP contribution in [-0.4, -0.2) is 81.0 Å². The van der Waals surface area contributed by atoms with E-state index in [2.05, 4.69) is 10.6 Å². The normalized spacial score (nSPS) is 27.2. The van der Waals surface area contributed by atoms with Gasteiger partial charge in [0.1, 0.15) is 0 Å². The second-order valence-corrected chi connectivity index (χ2v) is 8.70. The van der Waals surface area contributed by atoms with Crippen LogP contribution in [0.25, 0.3) is 0 Å². The zero-order valence-corrected chi connectivity index (χ0v) is 14.7. The van der Waals surface area contributed by atoms with Crippen molar-refractivity contribution in [2.24, 2.45) is 11.8 Å². The van der Waals surface area contributed by atoms with Gasteiger partial charge in [0.15, 0.2) is 0 Å². The van der Waals surface area contributed by atoms with Crippen LogP contribution in [0.4, 0.5) is 0 Å². The molecule has 23 heavy (non-hydrogen) atoms. The van der Waals surface area contributed by atoms with Gasteiger partial charge in [-0.05, 0) is 11.8 Å². The minimum absolute atomic E-state index is 0.0757. The van der Waals surface area contributed by atoms with Crippen molar-refractivity contribution in [2.75, 3.05) is 45.5 Å². The van der Waals surface area contributed by atoms with Crippen LogP contribution < -0.4 is 10.6 Å². The third-order valence-electron chi connectivity index (χ3n) is 4.49. The van der Waals surface area contributed by atoms with E-state index in [0.29, 0.717) is 26.2 Å². The van der Waals surface area contributed by atoms with Crippen LogP contribution in [0.2, 0.25) is 0 Å². The second kappa shape index (κ2) is 7.14. The van der Waals surface area contributed by atoms with E-state index in [1.807, 2.05) is 13.8 Å². The number of hydrogen-bond acceptors (Lipinski definition) is 5. The van der Waals surface area contributed by atoms with E-state index in [1.54, 1.807) is 4.90 Å². The minimum atomic E-state index is -3.25. The van der Waals surface area contributed by atoms with Gasteiger partial charge >= 0.3 is 0 Å². The summed E-state index contributed by atoms with van der Waals surface area (Å²) in [5, 5.41) is 5.67. The van der Waals surface area contributed by atoms with E-state index in [1.165, 1.54) is 10.6 Å². The molecule has 0 radical (unpaired) electrons. The Morgan fingerprint density at radius 2 is 2.09 bits per heavy atom. The maximum atomic E-state index is 12.2. The van der Waals surface area contributed by atoms with Gasteiger partial charge < -0.3 is 10.6 Å². The van der Waals surface area contributed by atoms with Gasteiger partial charge in [-0.2, -0.15) is 4.31 Å². The predicted octanol–water partition coefficient (Wildman–Crippen LogP) is -1.55. The molecule has 0 aliphatic carbocycles. The maximum absolute atomic E-state index is 12.2. The van der Waals surface area contributed by atoms with Crippen LogP contribution in [0, 0.1) is 11.8 Å². The van der Waals surface area contributed by atoms with Crippen molar-refractivity contribution in [2.45, 2.75) is 19.9 Å². The Morgan fingerprint density at radius 3 is 2.65 bits per heavy atom. The van der Waals surface area contributed by atoms with Crippen molar-refractivity contribution in [3.63, 3.8) is 0 Å². The Labute approximate surface area is 137 Å². The molecule has 2 atom stereocenters. The molecule has 0 aromatic rings. The van der Waals surface area contributed by atoms with Crippen molar-refractivity contribution in [1.82, 2.24) is 19.8 Å². The summed E-state index contributed by atoms with van der Waals surface area (Å²) in [4.78, 5) is 25.4. The van der Waals surface area contributed by atoms with E-state index < -0.39 is 10.0 Å². The standard InChI is InChI=1S/C14H26N4O4S/c1-10(2)11-6-18(23(3,21)22)7-12(11)16-14(20)9-17-5-4-15-13(19)8-17/h10-12H,4-9H2,1-3H3,(H,15,19)(H,16,20)/t11-,12+/m1/s1. The molecule has 0 bridgehead atoms. The minimum Gasteiger partial charge on any atom is -0.354 e. The Morgan fingerprint density at radius 1 is 1.39 bits per heavy atom. The Bertz CT molecular complexity index is 563. The quantitative estimate of drug-likeness (QED) is 0.628. The summed E-state index contributed by atoms with van der Waals surface area (Å²) in [5.74, 6) is 0.130. The lowest BCUT2D eigenvalue weighted by Gasteiger charge is -2.28. The van der Waals surface area contributed by atoms with Gasteiger partial charge in [-0.1, -0.05) is 13.8 Å². The summed E-state index contributed by atoms with van der Waals surface area (Å²) in [6.45, 7) is 6.39. The Hall–Kier alpha value is -1.19. The van der Waals surface area contributed by atoms with Crippen LogP contribution in [-0.2, 0) is 19.6 Å². The van der Waals surface area contributed by atoms with Crippen LogP contribution >= 0.6 is 0 Å². The average molecular weight is 346 g/mol. The number of hydrogen-bond donors (Lipinski definition) is 2. The fraction of sp³-hybridized carbons (Fsp3) is 0.857. The van der Waals surface area contributed by atoms with Crippen LogP contribution in [0.1, 0.15) is 13.8 Å². The molecule has 9 heteroatoms. The maximum Gasteiger partial charge on any atom is 0.234 e. The summed E-state index contributed by atoms with van der Waals surface area (Å²) in [6.07, 6.45) is 1.20. The zero-order chi connectivity index (χ0) is 17.2. The number of piperazine rings is 1. The molecule has 0 unspecified atom stereocenters. The first-order valence-electron chi connectivity index (χ1n) is 7.90. The molecule has 2 heterocycles. The molecule has 0 saturated carbocycles. The van der Waals surface area contributed by atoms with E-state index in [9.17, 15) is 18.0 Å². The summed E-state index contributed by atoms with van der Waals surface area (Å²) in [5.41, 5.74) is 0. The molecule has 0 spiro atoms. The topological polar surface area (TPSA) is 98.8 Å². The monoisotopic (exact) mass is 346 g/mol. The number of nitrogens with one attached hydrogen (secondary N) is 2. The highest BCUT2D eigenvalue weighted by atomic mass is 32.2. The fourth-order valence-electron chi connectivity index (χ4n) is 3.17. The number of sulfonamides is 1. The number of nitrogens with zero attached hydrogens (tertiary/aromatic N) is 2. The van der Waals surface area contributed by atoms with Crippen LogP contribution in [0.15, 0.2) is 0 Å². The highest BCUT2D eigenvalue weighted by Gasteiger charge is 2.39. The highest BCUT2D eigenvalue weighted by Crippen LogP contribution is 2.26. The lowest BCUT2D eigenvalue weighted by molar-refractivity contribution is -0.127. The largest absolute Gasteiger partial charge is 0.354 e. The molecule has 2 fully saturated rings. The van der Waals surface area contributed by atoms with Gasteiger partial charge in [0.05, 0.1) is 19.3 Å². The third-order valence-corrected chi connectivity index (χ3v) is 5.72. The first kappa shape index (κ1) is 18.2. The second-order valence-electron chi connectivity index (χ2n) is 6.72. The predicted molar refractivity (Wildman–Crippen MR) is 86.1 cm³/mol. The fourth-order valence-corrected chi connectivity index (χ4v) is 4.05. The molecule has 0 aromatic heterocycles. The van der Waals surface area contributed by atoms with E-state index in [-0.39, 0.29) is 42.8 Å². The number of rotatable bonds is 5. The molecule has 132 valence electrons. The van der Waals surface area contributed by atoms with Crippen molar-refractivity contribution in [3.8, 4) is 0 Å². The molecule has 2 saturated heterocycles. The van der Waals surface area contributed by atoms with Gasteiger partial charge in [0.2, 0.25) is 21.8 Å². The molecule has 8 nitrogen and oxygen atoms in total. The SMILES string of the molecule is CC(C)[C@H]1CN(S(C)(=O)=O)C[C@@H]1NC(=O)CN1CCNC(=O)C1. The van der Waals surface area contributed by atoms with E-state index in [4.69, 9.17) is 0 Å². The lowest BCUT2D eigenvalue weighted by Crippen LogP contribution is -2.52. The van der Waals surface area contributed by atoms with Crippen LogP contribution in [0.5, 0.6) is 0 Å². The molecule has 2 aliphatic rings. The van der Waals surface area contributed by atoms with Gasteiger partial charge in [0, 0.05) is 32.2 Å². The van der Waals surface area contributed by atoms with E-state index >= 15 is 0 Å². The van der Waals surface area contributed by atoms with Crippen molar-refractivity contribution in [3.05, 3.63) is 0 Å². The summed E-state index contributed by atoms with van der Waals surface area (Å²) in [6, 6.07) is -0.184. The highest BCUT2D eigenvalue weighted by molar-refractivity contribution is 7.88. The van der Waals surface area contributed by atoms with Gasteiger partial charge in [0.25, 0.3) is 0 Å². The number of carbonyl (C=O) groups is 2. The molecule has 2 N–H and O–H groups in total. The molecule has 2 aliphatic heterocycles. The van der Waals surface area contributed by atoms with Gasteiger partial charge in [-0.15, -0.1) is 0 Å². The lowest BCUT2D eigenvalue weighted by atomic mass is 9.91. The Balaban J connectivity index is 1.94. The molecule has 2 amide bonds. The summed E-state index contributed by atoms with van der Waals surface area (Å²) >= 11 is 0. The van der Waals surface area contributed by atoms with Gasteiger partial charge in [-0.3, -0.25) is 14.5 Å². The number of carbonyl (C=O) groups excluding carboxylic acids is 2. The van der Waals surface area contributed by atoms with Crippen LogP contribution in [0.3, 0.4) is 0 Å². The third kappa shape index (κ3) is 4.89. The molecule has 0 aromatic carbocycles. The summed E-state index contributed by atoms with van der Waals surface area (Å²) < 4.78 is 24.9. The molecular formula is C14H26N4O4S. The number of amides is 2. The van der Waals surface area contributed by atoms with Crippen molar-refractivity contribution >= 4 is 21.8 Å². The van der Waals surface area contributed by atoms with Crippen molar-refractivity contribution in [1.29, 1.82) is 0 Å². The Kier molecular flexibility index (Phi) is 5.64.